The molecule has 0 saturated carbocycles. The molecule has 1 aromatic carbocycles. The van der Waals surface area contributed by atoms with Crippen LogP contribution in [0, 0.1) is 0 Å². The van der Waals surface area contributed by atoms with E-state index in [9.17, 15) is 14.4 Å². The fourth-order valence-electron chi connectivity index (χ4n) is 1.85. The standard InChI is InChI=1S/C14H18N2O5/c1-3-4-14(2,15)13(21)16-10-6-8(11(17)18)5-9(7-10)12(19)20/h5-7H,3-4,15H2,1-2H3,(H,16,21)(H,17,18)(H,19,20). The van der Waals surface area contributed by atoms with Gasteiger partial charge in [0, 0.05) is 5.69 Å². The number of rotatable bonds is 6. The highest BCUT2D eigenvalue weighted by Crippen LogP contribution is 2.18. The average molecular weight is 294 g/mol. The highest BCUT2D eigenvalue weighted by atomic mass is 16.4. The van der Waals surface area contributed by atoms with E-state index in [4.69, 9.17) is 15.9 Å². The normalized spacial score (nSPS) is 13.3. The van der Waals surface area contributed by atoms with Crippen LogP contribution in [0.1, 0.15) is 47.4 Å². The van der Waals surface area contributed by atoms with Gasteiger partial charge in [0.05, 0.1) is 16.7 Å². The molecular formula is C14H18N2O5. The van der Waals surface area contributed by atoms with Crippen LogP contribution >= 0.6 is 0 Å². The first kappa shape index (κ1) is 16.6. The van der Waals surface area contributed by atoms with Gasteiger partial charge in [-0.05, 0) is 31.5 Å². The van der Waals surface area contributed by atoms with Crippen molar-refractivity contribution in [2.24, 2.45) is 5.73 Å². The number of hydrogen-bond acceptors (Lipinski definition) is 4. The number of amides is 1. The summed E-state index contributed by atoms with van der Waals surface area (Å²) in [6.45, 7) is 3.44. The maximum atomic E-state index is 12.1. The summed E-state index contributed by atoms with van der Waals surface area (Å²) in [4.78, 5) is 34.0. The second-order valence-electron chi connectivity index (χ2n) is 5.03. The number of aromatic carboxylic acids is 2. The Kier molecular flexibility index (Phi) is 5.04. The van der Waals surface area contributed by atoms with Gasteiger partial charge in [-0.2, -0.15) is 0 Å². The monoisotopic (exact) mass is 294 g/mol. The molecule has 7 heteroatoms. The number of hydrogen-bond donors (Lipinski definition) is 4. The Bertz CT molecular complexity index is 548. The van der Waals surface area contributed by atoms with Crippen molar-refractivity contribution in [2.75, 3.05) is 5.32 Å². The predicted molar refractivity (Wildman–Crippen MR) is 76.5 cm³/mol. The molecule has 0 aromatic heterocycles. The number of anilines is 1. The first-order valence-electron chi connectivity index (χ1n) is 6.39. The summed E-state index contributed by atoms with van der Waals surface area (Å²) in [6, 6.07) is 3.40. The molecule has 0 heterocycles. The van der Waals surface area contributed by atoms with E-state index in [0.717, 1.165) is 6.07 Å². The van der Waals surface area contributed by atoms with E-state index in [-0.39, 0.29) is 16.8 Å². The van der Waals surface area contributed by atoms with Crippen molar-refractivity contribution >= 4 is 23.5 Å². The van der Waals surface area contributed by atoms with Gasteiger partial charge < -0.3 is 21.3 Å². The third-order valence-electron chi connectivity index (χ3n) is 2.97. The number of carboxylic acids is 2. The molecule has 1 amide bonds. The van der Waals surface area contributed by atoms with Gasteiger partial charge in [-0.25, -0.2) is 9.59 Å². The highest BCUT2D eigenvalue weighted by molar-refractivity contribution is 6.01. The lowest BCUT2D eigenvalue weighted by molar-refractivity contribution is -0.120. The largest absolute Gasteiger partial charge is 0.478 e. The Balaban J connectivity index is 3.10. The summed E-state index contributed by atoms with van der Waals surface area (Å²) in [5, 5.41) is 20.4. The zero-order valence-corrected chi connectivity index (χ0v) is 11.8. The van der Waals surface area contributed by atoms with E-state index >= 15 is 0 Å². The van der Waals surface area contributed by atoms with Crippen molar-refractivity contribution in [3.63, 3.8) is 0 Å². The maximum absolute atomic E-state index is 12.1. The van der Waals surface area contributed by atoms with Crippen LogP contribution in [0.25, 0.3) is 0 Å². The molecule has 0 fully saturated rings. The number of benzene rings is 1. The number of carbonyl (C=O) groups is 3. The molecule has 7 nitrogen and oxygen atoms in total. The lowest BCUT2D eigenvalue weighted by atomic mass is 9.96. The molecule has 0 aliphatic heterocycles. The average Bonchev–Trinajstić information content (AvgIpc) is 2.37. The number of carboxylic acid groups (broad SMARTS) is 2. The molecule has 1 atom stereocenters. The molecule has 0 saturated heterocycles. The maximum Gasteiger partial charge on any atom is 0.335 e. The van der Waals surface area contributed by atoms with Crippen LogP contribution in [0.2, 0.25) is 0 Å². The topological polar surface area (TPSA) is 130 Å². The van der Waals surface area contributed by atoms with Crippen LogP contribution in [-0.2, 0) is 4.79 Å². The minimum absolute atomic E-state index is 0.0880. The zero-order valence-electron chi connectivity index (χ0n) is 11.8. The van der Waals surface area contributed by atoms with Gasteiger partial charge in [0.1, 0.15) is 0 Å². The molecule has 5 N–H and O–H groups in total. The first-order chi connectivity index (χ1) is 9.67. The summed E-state index contributed by atoms with van der Waals surface area (Å²) in [5.74, 6) is -3.06. The second kappa shape index (κ2) is 6.36. The SMILES string of the molecule is CCCC(C)(N)C(=O)Nc1cc(C(=O)O)cc(C(=O)O)c1. The van der Waals surface area contributed by atoms with Crippen molar-refractivity contribution in [3.05, 3.63) is 29.3 Å². The van der Waals surface area contributed by atoms with Gasteiger partial charge >= 0.3 is 11.9 Å². The predicted octanol–water partition coefficient (Wildman–Crippen LogP) is 1.54. The van der Waals surface area contributed by atoms with Crippen LogP contribution in [0.15, 0.2) is 18.2 Å². The molecule has 0 radical (unpaired) electrons. The Morgan fingerprint density at radius 2 is 1.62 bits per heavy atom. The van der Waals surface area contributed by atoms with Crippen molar-refractivity contribution in [2.45, 2.75) is 32.2 Å². The van der Waals surface area contributed by atoms with E-state index in [1.165, 1.54) is 12.1 Å². The molecule has 1 aromatic rings. The molecule has 1 rings (SSSR count). The van der Waals surface area contributed by atoms with Gasteiger partial charge in [-0.15, -0.1) is 0 Å². The van der Waals surface area contributed by atoms with E-state index < -0.39 is 23.4 Å². The van der Waals surface area contributed by atoms with Crippen molar-refractivity contribution in [3.8, 4) is 0 Å². The summed E-state index contributed by atoms with van der Waals surface area (Å²) in [7, 11) is 0. The molecule has 0 aliphatic rings. The minimum atomic E-state index is -1.28. The van der Waals surface area contributed by atoms with E-state index in [1.54, 1.807) is 6.92 Å². The summed E-state index contributed by atoms with van der Waals surface area (Å²) in [6.07, 6.45) is 1.15. The molecule has 21 heavy (non-hydrogen) atoms. The molecule has 1 unspecified atom stereocenters. The third kappa shape index (κ3) is 4.28. The van der Waals surface area contributed by atoms with Gasteiger partial charge in [0.25, 0.3) is 0 Å². The van der Waals surface area contributed by atoms with Gasteiger partial charge in [-0.3, -0.25) is 4.79 Å². The van der Waals surface area contributed by atoms with Crippen molar-refractivity contribution < 1.29 is 24.6 Å². The first-order valence-corrected chi connectivity index (χ1v) is 6.39. The smallest absolute Gasteiger partial charge is 0.335 e. The second-order valence-corrected chi connectivity index (χ2v) is 5.03. The van der Waals surface area contributed by atoms with Crippen LogP contribution in [0.3, 0.4) is 0 Å². The van der Waals surface area contributed by atoms with Crippen molar-refractivity contribution in [1.82, 2.24) is 0 Å². The fraction of sp³-hybridized carbons (Fsp3) is 0.357. The number of nitrogens with two attached hydrogens (primary N) is 1. The number of carbonyl (C=O) groups excluding carboxylic acids is 1. The molecule has 0 spiro atoms. The Morgan fingerprint density at radius 1 is 1.14 bits per heavy atom. The van der Waals surface area contributed by atoms with E-state index in [2.05, 4.69) is 5.32 Å². The lowest BCUT2D eigenvalue weighted by Crippen LogP contribution is -2.48. The van der Waals surface area contributed by atoms with Crippen LogP contribution < -0.4 is 11.1 Å². The van der Waals surface area contributed by atoms with Gasteiger partial charge in [0.15, 0.2) is 0 Å². The summed E-state index contributed by atoms with van der Waals surface area (Å²) < 4.78 is 0. The zero-order chi connectivity index (χ0) is 16.2. The number of nitrogens with one attached hydrogen (secondary N) is 1. The Morgan fingerprint density at radius 3 is 2.00 bits per heavy atom. The molecule has 0 aliphatic carbocycles. The molecule has 0 bridgehead atoms. The van der Waals surface area contributed by atoms with Gasteiger partial charge in [-0.1, -0.05) is 13.3 Å². The fourth-order valence-corrected chi connectivity index (χ4v) is 1.85. The third-order valence-corrected chi connectivity index (χ3v) is 2.97. The van der Waals surface area contributed by atoms with Crippen LogP contribution in [0.5, 0.6) is 0 Å². The Hall–Kier alpha value is -2.41. The van der Waals surface area contributed by atoms with Crippen molar-refractivity contribution in [1.29, 1.82) is 0 Å². The van der Waals surface area contributed by atoms with E-state index in [0.29, 0.717) is 12.8 Å². The minimum Gasteiger partial charge on any atom is -0.478 e. The van der Waals surface area contributed by atoms with Crippen LogP contribution in [0.4, 0.5) is 5.69 Å². The lowest BCUT2D eigenvalue weighted by Gasteiger charge is -2.23. The van der Waals surface area contributed by atoms with Crippen LogP contribution in [-0.4, -0.2) is 33.6 Å². The van der Waals surface area contributed by atoms with Gasteiger partial charge in [0.2, 0.25) is 5.91 Å². The summed E-state index contributed by atoms with van der Waals surface area (Å²) >= 11 is 0. The molecular weight excluding hydrogens is 276 g/mol. The van der Waals surface area contributed by atoms with E-state index in [1.807, 2.05) is 6.92 Å². The summed E-state index contributed by atoms with van der Waals surface area (Å²) in [5.41, 5.74) is 4.40. The quantitative estimate of drug-likeness (QED) is 0.629. The molecule has 114 valence electrons. The Labute approximate surface area is 121 Å². The highest BCUT2D eigenvalue weighted by Gasteiger charge is 2.27.